The monoisotopic (exact) mass is 702 g/mol. The first-order chi connectivity index (χ1) is 24.2. The van der Waals surface area contributed by atoms with Crippen LogP contribution in [-0.2, 0) is 38.7 Å². The van der Waals surface area contributed by atoms with E-state index in [1.807, 2.05) is 59.1 Å². The molecule has 2 aliphatic rings. The minimum absolute atomic E-state index is 0.0631. The number of nitrogens with two attached hydrogens (primary N) is 1. The molecular weight excluding hydrogens is 658 g/mol. The molecule has 1 aromatic heterocycles. The van der Waals surface area contributed by atoms with E-state index in [1.165, 1.54) is 0 Å². The van der Waals surface area contributed by atoms with E-state index in [1.54, 1.807) is 23.1 Å². The van der Waals surface area contributed by atoms with Crippen LogP contribution in [0, 0.1) is 11.6 Å². The maximum absolute atomic E-state index is 14.8. The summed E-state index contributed by atoms with van der Waals surface area (Å²) in [5.74, 6) is -4.25. The quantitative estimate of drug-likeness (QED) is 0.0791. The van der Waals surface area contributed by atoms with Gasteiger partial charge in [-0.15, -0.1) is 0 Å². The van der Waals surface area contributed by atoms with Gasteiger partial charge in [-0.05, 0) is 101 Å². The number of halogens is 2. The second-order valence-corrected chi connectivity index (χ2v) is 14.4. The Bertz CT molecular complexity index is 1920. The SMILES string of the molecule is CN(C)CCCCC(NC1(OC(C)(C)C)CO1)C(=O)OCc1cc(F)c(F)cc1-c1ccc2nc(N)nc(C(=O)N3Cc4ccccc4C3)c2c1. The summed E-state index contributed by atoms with van der Waals surface area (Å²) >= 11 is 0. The van der Waals surface area contributed by atoms with Crippen molar-refractivity contribution in [1.82, 2.24) is 25.1 Å². The largest absolute Gasteiger partial charge is 0.460 e. The number of carbonyl (C=O) groups excluding carboxylic acids is 2. The van der Waals surface area contributed by atoms with Crippen LogP contribution in [0.1, 0.15) is 67.2 Å². The summed E-state index contributed by atoms with van der Waals surface area (Å²) in [7, 11) is 3.97. The van der Waals surface area contributed by atoms with Crippen LogP contribution in [0.15, 0.2) is 54.6 Å². The predicted molar refractivity (Wildman–Crippen MR) is 188 cm³/mol. The van der Waals surface area contributed by atoms with Crippen LogP contribution in [0.4, 0.5) is 14.7 Å². The zero-order valence-electron chi connectivity index (χ0n) is 29.6. The lowest BCUT2D eigenvalue weighted by Gasteiger charge is -2.28. The van der Waals surface area contributed by atoms with Crippen molar-refractivity contribution in [3.05, 3.63) is 88.6 Å². The van der Waals surface area contributed by atoms with Gasteiger partial charge in [0.05, 0.1) is 11.1 Å². The number of rotatable bonds is 13. The highest BCUT2D eigenvalue weighted by Gasteiger charge is 2.51. The third kappa shape index (κ3) is 8.67. The number of nitrogens with one attached hydrogen (secondary N) is 1. The fourth-order valence-electron chi connectivity index (χ4n) is 6.35. The van der Waals surface area contributed by atoms with Crippen molar-refractivity contribution >= 4 is 28.7 Å². The fraction of sp³-hybridized carbons (Fsp3) is 0.421. The molecule has 2 aliphatic heterocycles. The summed E-state index contributed by atoms with van der Waals surface area (Å²) in [6.45, 7) is 7.29. The number of nitrogens with zero attached hydrogens (tertiary/aromatic N) is 4. The van der Waals surface area contributed by atoms with Gasteiger partial charge in [-0.3, -0.25) is 14.9 Å². The summed E-state index contributed by atoms with van der Waals surface area (Å²) in [6.07, 6.45) is 2.02. The van der Waals surface area contributed by atoms with Crippen LogP contribution in [0.25, 0.3) is 22.0 Å². The van der Waals surface area contributed by atoms with Crippen LogP contribution in [0.2, 0.25) is 0 Å². The van der Waals surface area contributed by atoms with Gasteiger partial charge in [0.15, 0.2) is 11.6 Å². The number of amides is 1. The van der Waals surface area contributed by atoms with Crippen LogP contribution in [-0.4, -0.2) is 76.4 Å². The maximum Gasteiger partial charge on any atom is 0.323 e. The van der Waals surface area contributed by atoms with E-state index in [0.29, 0.717) is 36.0 Å². The highest BCUT2D eigenvalue weighted by Crippen LogP contribution is 2.34. The first-order valence-corrected chi connectivity index (χ1v) is 17.0. The van der Waals surface area contributed by atoms with Crippen molar-refractivity contribution in [2.45, 2.75) is 77.3 Å². The molecule has 1 saturated heterocycles. The van der Waals surface area contributed by atoms with Gasteiger partial charge >= 0.3 is 5.97 Å². The molecule has 3 aromatic carbocycles. The number of benzene rings is 3. The van der Waals surface area contributed by atoms with E-state index in [0.717, 1.165) is 42.6 Å². The number of carbonyl (C=O) groups is 2. The van der Waals surface area contributed by atoms with Crippen molar-refractivity contribution in [2.75, 3.05) is 33.0 Å². The molecule has 13 heteroatoms. The van der Waals surface area contributed by atoms with Gasteiger partial charge in [-0.2, -0.15) is 0 Å². The summed E-state index contributed by atoms with van der Waals surface area (Å²) in [5, 5.41) is 3.59. The Kier molecular flexibility index (Phi) is 10.4. The van der Waals surface area contributed by atoms with E-state index >= 15 is 0 Å². The first-order valence-electron chi connectivity index (χ1n) is 17.0. The molecule has 51 heavy (non-hydrogen) atoms. The molecule has 2 unspecified atom stereocenters. The average molecular weight is 703 g/mol. The van der Waals surface area contributed by atoms with Gasteiger partial charge in [-0.25, -0.2) is 18.7 Å². The highest BCUT2D eigenvalue weighted by atomic mass is 19.2. The number of nitrogen functional groups attached to an aromatic ring is 1. The van der Waals surface area contributed by atoms with Gasteiger partial charge in [0.25, 0.3) is 11.8 Å². The average Bonchev–Trinajstić information content (AvgIpc) is 3.67. The Balaban J connectivity index is 1.26. The molecule has 270 valence electrons. The summed E-state index contributed by atoms with van der Waals surface area (Å²) in [4.78, 5) is 39.8. The lowest BCUT2D eigenvalue weighted by molar-refractivity contribution is -0.165. The van der Waals surface area contributed by atoms with E-state index in [4.69, 9.17) is 19.9 Å². The van der Waals surface area contributed by atoms with Gasteiger partial charge < -0.3 is 29.7 Å². The van der Waals surface area contributed by atoms with Gasteiger partial charge in [-0.1, -0.05) is 36.8 Å². The molecule has 0 radical (unpaired) electrons. The van der Waals surface area contributed by atoms with Gasteiger partial charge in [0.2, 0.25) is 5.95 Å². The van der Waals surface area contributed by atoms with Crippen molar-refractivity contribution in [2.24, 2.45) is 0 Å². The smallest absolute Gasteiger partial charge is 0.323 e. The highest BCUT2D eigenvalue weighted by molar-refractivity contribution is 6.06. The first kappa shape index (κ1) is 36.2. The van der Waals surface area contributed by atoms with Crippen molar-refractivity contribution in [3.63, 3.8) is 0 Å². The number of unbranched alkanes of at least 4 members (excludes halogenated alkanes) is 1. The summed E-state index contributed by atoms with van der Waals surface area (Å²) in [5.41, 5.74) is 9.04. The van der Waals surface area contributed by atoms with E-state index in [-0.39, 0.29) is 41.9 Å². The number of fused-ring (bicyclic) bond motifs is 2. The Morgan fingerprint density at radius 2 is 1.73 bits per heavy atom. The second kappa shape index (κ2) is 14.6. The number of epoxide rings is 1. The molecule has 1 amide bonds. The zero-order valence-corrected chi connectivity index (χ0v) is 29.6. The minimum atomic E-state index is -1.11. The van der Waals surface area contributed by atoms with E-state index < -0.39 is 35.2 Å². The van der Waals surface area contributed by atoms with Gasteiger partial charge in [0, 0.05) is 24.0 Å². The number of ether oxygens (including phenoxy) is 3. The third-order valence-corrected chi connectivity index (χ3v) is 8.78. The maximum atomic E-state index is 14.8. The zero-order chi connectivity index (χ0) is 36.5. The normalized spacial score (nSPS) is 17.5. The molecule has 0 saturated carbocycles. The molecule has 0 aliphatic carbocycles. The molecule has 2 atom stereocenters. The Morgan fingerprint density at radius 1 is 1.04 bits per heavy atom. The molecule has 1 fully saturated rings. The second-order valence-electron chi connectivity index (χ2n) is 14.4. The van der Waals surface area contributed by atoms with Crippen LogP contribution in [0.3, 0.4) is 0 Å². The van der Waals surface area contributed by atoms with Gasteiger partial charge in [0.1, 0.15) is 24.9 Å². The molecule has 4 aromatic rings. The summed E-state index contributed by atoms with van der Waals surface area (Å²) in [6, 6.07) is 14.1. The Morgan fingerprint density at radius 3 is 2.37 bits per heavy atom. The predicted octanol–water partition coefficient (Wildman–Crippen LogP) is 5.55. The molecule has 3 N–H and O–H groups in total. The van der Waals surface area contributed by atoms with E-state index in [9.17, 15) is 18.4 Å². The number of anilines is 1. The van der Waals surface area contributed by atoms with Crippen LogP contribution < -0.4 is 11.1 Å². The van der Waals surface area contributed by atoms with Crippen molar-refractivity contribution in [1.29, 1.82) is 0 Å². The molecule has 0 spiro atoms. The third-order valence-electron chi connectivity index (χ3n) is 8.78. The molecule has 11 nitrogen and oxygen atoms in total. The number of aromatic nitrogens is 2. The molecule has 3 heterocycles. The number of esters is 1. The standard InChI is InChI=1S/C38H44F2N6O5/c1-37(2,3)51-38(22-50-38)44-32(12-8-9-15-45(4)5)35(48)49-21-26-17-29(39)30(40)18-27(26)23-13-14-31-28(16-23)33(43-36(41)42-31)34(47)46-19-24-10-6-7-11-25(24)20-46/h6-7,10-11,13-14,16-18,32,44H,8-9,12,15,19-22H2,1-5H3,(H2,41,42,43). The lowest BCUT2D eigenvalue weighted by Crippen LogP contribution is -2.50. The Labute approximate surface area is 296 Å². The lowest BCUT2D eigenvalue weighted by atomic mass is 9.97. The Hall–Kier alpha value is -4.56. The molecule has 6 rings (SSSR count). The molecular formula is C38H44F2N6O5. The molecule has 0 bridgehead atoms. The van der Waals surface area contributed by atoms with E-state index in [2.05, 4.69) is 20.2 Å². The van der Waals surface area contributed by atoms with Crippen molar-refractivity contribution in [3.8, 4) is 11.1 Å². The minimum Gasteiger partial charge on any atom is -0.460 e. The fourth-order valence-corrected chi connectivity index (χ4v) is 6.35. The topological polar surface area (TPSA) is 135 Å². The van der Waals surface area contributed by atoms with Crippen molar-refractivity contribution < 1.29 is 32.6 Å². The summed E-state index contributed by atoms with van der Waals surface area (Å²) < 4.78 is 47.0. The number of hydrogen-bond donors (Lipinski definition) is 2. The van der Waals surface area contributed by atoms with Crippen LogP contribution >= 0.6 is 0 Å². The number of hydrogen-bond acceptors (Lipinski definition) is 10. The van der Waals surface area contributed by atoms with Crippen LogP contribution in [0.5, 0.6) is 0 Å².